The van der Waals surface area contributed by atoms with E-state index in [9.17, 15) is 0 Å². The molecule has 0 aliphatic heterocycles. The van der Waals surface area contributed by atoms with Crippen molar-refractivity contribution in [2.45, 2.75) is 32.7 Å². The van der Waals surface area contributed by atoms with Crippen molar-refractivity contribution in [3.05, 3.63) is 45.7 Å². The molecule has 106 valence electrons. The number of benzene rings is 1. The van der Waals surface area contributed by atoms with Gasteiger partial charge in [0, 0.05) is 29.4 Å². The van der Waals surface area contributed by atoms with Crippen LogP contribution in [0.15, 0.2) is 24.3 Å². The molecule has 2 rings (SSSR count). The second kappa shape index (κ2) is 6.53. The van der Waals surface area contributed by atoms with Crippen molar-refractivity contribution in [3.63, 3.8) is 0 Å². The lowest BCUT2D eigenvalue weighted by molar-refractivity contribution is 0.635. The van der Waals surface area contributed by atoms with E-state index in [1.165, 1.54) is 0 Å². The number of aromatic nitrogens is 2. The predicted octanol–water partition coefficient (Wildman–Crippen LogP) is 4.04. The van der Waals surface area contributed by atoms with Crippen molar-refractivity contribution in [2.75, 3.05) is 0 Å². The van der Waals surface area contributed by atoms with Crippen LogP contribution in [-0.4, -0.2) is 16.0 Å². The second-order valence-corrected chi connectivity index (χ2v) is 5.64. The third-order valence-electron chi connectivity index (χ3n) is 3.08. The van der Waals surface area contributed by atoms with E-state index in [1.54, 1.807) is 12.1 Å². The lowest BCUT2D eigenvalue weighted by atomic mass is 10.1. The Kier molecular flexibility index (Phi) is 4.97. The fourth-order valence-corrected chi connectivity index (χ4v) is 2.21. The smallest absolute Gasteiger partial charge is 0.159 e. The van der Waals surface area contributed by atoms with Gasteiger partial charge in [-0.2, -0.15) is 0 Å². The van der Waals surface area contributed by atoms with E-state index >= 15 is 0 Å². The number of hydrogen-bond acceptors (Lipinski definition) is 3. The molecule has 20 heavy (non-hydrogen) atoms. The first-order chi connectivity index (χ1) is 9.49. The number of hydrogen-bond donors (Lipinski definition) is 1. The lowest BCUT2D eigenvalue weighted by Crippen LogP contribution is -2.22. The Hall–Kier alpha value is -1.16. The first-order valence-electron chi connectivity index (χ1n) is 6.55. The summed E-state index contributed by atoms with van der Waals surface area (Å²) in [6.45, 7) is 4.02. The Morgan fingerprint density at radius 3 is 2.55 bits per heavy atom. The third kappa shape index (κ3) is 3.69. The van der Waals surface area contributed by atoms with Gasteiger partial charge >= 0.3 is 0 Å². The Bertz CT molecular complexity index is 614. The van der Waals surface area contributed by atoms with E-state index in [4.69, 9.17) is 28.9 Å². The second-order valence-electron chi connectivity index (χ2n) is 4.83. The topological polar surface area (TPSA) is 51.8 Å². The summed E-state index contributed by atoms with van der Waals surface area (Å²) < 4.78 is 0. The molecular formula is C15H17Cl2N3. The summed E-state index contributed by atoms with van der Waals surface area (Å²) >= 11 is 12.0. The number of nitrogens with zero attached hydrogens (tertiary/aromatic N) is 2. The first-order valence-corrected chi connectivity index (χ1v) is 7.30. The van der Waals surface area contributed by atoms with Crippen LogP contribution < -0.4 is 5.73 Å². The summed E-state index contributed by atoms with van der Waals surface area (Å²) in [4.78, 5) is 9.02. The van der Waals surface area contributed by atoms with E-state index in [0.717, 1.165) is 29.8 Å². The highest BCUT2D eigenvalue weighted by Crippen LogP contribution is 2.27. The predicted molar refractivity (Wildman–Crippen MR) is 84.2 cm³/mol. The Morgan fingerprint density at radius 1 is 1.15 bits per heavy atom. The Labute approximate surface area is 129 Å². The minimum atomic E-state index is 0.117. The molecule has 1 atom stereocenters. The fraction of sp³-hybridized carbons (Fsp3) is 0.333. The van der Waals surface area contributed by atoms with Gasteiger partial charge < -0.3 is 5.73 Å². The first kappa shape index (κ1) is 15.2. The molecule has 0 radical (unpaired) electrons. The molecule has 5 heteroatoms. The molecule has 0 bridgehead atoms. The molecule has 1 aromatic heterocycles. The molecule has 0 aliphatic carbocycles. The van der Waals surface area contributed by atoms with Gasteiger partial charge in [-0.05, 0) is 37.6 Å². The maximum Gasteiger partial charge on any atom is 0.159 e. The van der Waals surface area contributed by atoms with Crippen molar-refractivity contribution < 1.29 is 0 Å². The molecule has 1 heterocycles. The van der Waals surface area contributed by atoms with Crippen molar-refractivity contribution >= 4 is 23.2 Å². The van der Waals surface area contributed by atoms with Crippen molar-refractivity contribution in [1.29, 1.82) is 0 Å². The zero-order valence-electron chi connectivity index (χ0n) is 11.5. The molecule has 2 N–H and O–H groups in total. The summed E-state index contributed by atoms with van der Waals surface area (Å²) in [5.41, 5.74) is 8.71. The summed E-state index contributed by atoms with van der Waals surface area (Å²) in [6, 6.07) is 7.49. The average Bonchev–Trinajstić information content (AvgIpc) is 2.41. The Balaban J connectivity index is 2.38. The highest BCUT2D eigenvalue weighted by molar-refractivity contribution is 6.42. The van der Waals surface area contributed by atoms with Gasteiger partial charge in [0.2, 0.25) is 0 Å². The number of aryl methyl sites for hydroxylation is 1. The largest absolute Gasteiger partial charge is 0.327 e. The molecule has 0 saturated carbocycles. The van der Waals surface area contributed by atoms with Crippen LogP contribution in [0.25, 0.3) is 11.4 Å². The minimum absolute atomic E-state index is 0.117. The summed E-state index contributed by atoms with van der Waals surface area (Å²) in [6.07, 6.45) is 1.67. The van der Waals surface area contributed by atoms with Gasteiger partial charge in [-0.15, -0.1) is 0 Å². The van der Waals surface area contributed by atoms with Gasteiger partial charge in [0.15, 0.2) is 5.82 Å². The molecule has 0 aliphatic rings. The van der Waals surface area contributed by atoms with Crippen LogP contribution in [0.3, 0.4) is 0 Å². The van der Waals surface area contributed by atoms with Crippen LogP contribution in [0, 0.1) is 6.92 Å². The minimum Gasteiger partial charge on any atom is -0.327 e. The summed E-state index contributed by atoms with van der Waals surface area (Å²) in [5, 5.41) is 1.03. The van der Waals surface area contributed by atoms with Crippen LogP contribution in [0.2, 0.25) is 10.0 Å². The molecule has 0 saturated heterocycles. The standard InChI is InChI=1S/C15H17Cl2N3/c1-3-11(18)8-12-6-9(2)19-15(20-12)10-4-5-13(16)14(17)7-10/h4-7,11H,3,8,18H2,1-2H3. The average molecular weight is 310 g/mol. The van der Waals surface area contributed by atoms with Crippen LogP contribution in [0.4, 0.5) is 0 Å². The summed E-state index contributed by atoms with van der Waals surface area (Å²) in [5.74, 6) is 0.655. The normalized spacial score (nSPS) is 12.4. The molecule has 0 amide bonds. The fourth-order valence-electron chi connectivity index (χ4n) is 1.92. The highest BCUT2D eigenvalue weighted by atomic mass is 35.5. The molecule has 3 nitrogen and oxygen atoms in total. The third-order valence-corrected chi connectivity index (χ3v) is 3.82. The monoisotopic (exact) mass is 309 g/mol. The lowest BCUT2D eigenvalue weighted by Gasteiger charge is -2.10. The molecule has 1 aromatic carbocycles. The zero-order chi connectivity index (χ0) is 14.7. The van der Waals surface area contributed by atoms with Crippen molar-refractivity contribution in [1.82, 2.24) is 9.97 Å². The maximum absolute atomic E-state index is 6.04. The van der Waals surface area contributed by atoms with E-state index in [2.05, 4.69) is 16.9 Å². The van der Waals surface area contributed by atoms with Crippen molar-refractivity contribution in [3.8, 4) is 11.4 Å². The van der Waals surface area contributed by atoms with Gasteiger partial charge in [-0.3, -0.25) is 0 Å². The van der Waals surface area contributed by atoms with Crippen LogP contribution >= 0.6 is 23.2 Å². The van der Waals surface area contributed by atoms with E-state index in [1.807, 2.05) is 19.1 Å². The van der Waals surface area contributed by atoms with Gasteiger partial charge in [0.25, 0.3) is 0 Å². The zero-order valence-corrected chi connectivity index (χ0v) is 13.0. The van der Waals surface area contributed by atoms with Gasteiger partial charge in [0.05, 0.1) is 10.0 Å². The molecule has 0 fully saturated rings. The van der Waals surface area contributed by atoms with E-state index in [0.29, 0.717) is 15.9 Å². The molecule has 0 spiro atoms. The van der Waals surface area contributed by atoms with Gasteiger partial charge in [-0.1, -0.05) is 30.1 Å². The molecular weight excluding hydrogens is 293 g/mol. The van der Waals surface area contributed by atoms with Crippen molar-refractivity contribution in [2.24, 2.45) is 5.73 Å². The van der Waals surface area contributed by atoms with Crippen LogP contribution in [-0.2, 0) is 6.42 Å². The van der Waals surface area contributed by atoms with Gasteiger partial charge in [-0.25, -0.2) is 9.97 Å². The number of nitrogens with two attached hydrogens (primary N) is 1. The Morgan fingerprint density at radius 2 is 1.90 bits per heavy atom. The van der Waals surface area contributed by atoms with E-state index < -0.39 is 0 Å². The van der Waals surface area contributed by atoms with Crippen LogP contribution in [0.5, 0.6) is 0 Å². The van der Waals surface area contributed by atoms with Crippen LogP contribution in [0.1, 0.15) is 24.7 Å². The summed E-state index contributed by atoms with van der Waals surface area (Å²) in [7, 11) is 0. The SMILES string of the molecule is CCC(N)Cc1cc(C)nc(-c2ccc(Cl)c(Cl)c2)n1. The molecule has 1 unspecified atom stereocenters. The maximum atomic E-state index is 6.04. The quantitative estimate of drug-likeness (QED) is 0.927. The van der Waals surface area contributed by atoms with E-state index in [-0.39, 0.29) is 6.04 Å². The highest BCUT2D eigenvalue weighted by Gasteiger charge is 2.09. The molecule has 2 aromatic rings. The number of halogens is 2. The number of rotatable bonds is 4. The van der Waals surface area contributed by atoms with Gasteiger partial charge in [0.1, 0.15) is 0 Å².